The van der Waals surface area contributed by atoms with Crippen LogP contribution in [0.5, 0.6) is 17.4 Å². The molecular formula is C26H26N8O5S. The number of imidazole rings is 1. The predicted octanol–water partition coefficient (Wildman–Crippen LogP) is 2.77. The van der Waals surface area contributed by atoms with Crippen molar-refractivity contribution >= 4 is 21.3 Å². The summed E-state index contributed by atoms with van der Waals surface area (Å²) in [6, 6.07) is 10.6. The van der Waals surface area contributed by atoms with E-state index in [4.69, 9.17) is 29.3 Å². The van der Waals surface area contributed by atoms with E-state index in [9.17, 15) is 8.42 Å². The van der Waals surface area contributed by atoms with Crippen molar-refractivity contribution in [2.45, 2.75) is 19.1 Å². The molecule has 5 aromatic rings. The number of fused-ring (bicyclic) bond motifs is 1. The van der Waals surface area contributed by atoms with Crippen molar-refractivity contribution in [2.75, 3.05) is 20.8 Å². The number of aromatic nitrogens is 7. The van der Waals surface area contributed by atoms with E-state index in [0.29, 0.717) is 41.2 Å². The highest BCUT2D eigenvalue weighted by molar-refractivity contribution is 7.89. The van der Waals surface area contributed by atoms with E-state index in [2.05, 4.69) is 19.9 Å². The van der Waals surface area contributed by atoms with Gasteiger partial charge in [-0.3, -0.25) is 4.57 Å². The Morgan fingerprint density at radius 2 is 1.60 bits per heavy atom. The van der Waals surface area contributed by atoms with Crippen LogP contribution < -0.4 is 19.3 Å². The van der Waals surface area contributed by atoms with Crippen LogP contribution in [0.2, 0.25) is 0 Å². The fourth-order valence-electron chi connectivity index (χ4n) is 4.18. The maximum atomic E-state index is 12.8. The Balaban J connectivity index is 1.84. The summed E-state index contributed by atoms with van der Waals surface area (Å²) in [4.78, 5) is 26.8. The third kappa shape index (κ3) is 5.01. The lowest BCUT2D eigenvalue weighted by Crippen LogP contribution is -2.25. The summed E-state index contributed by atoms with van der Waals surface area (Å²) in [5.74, 6) is 1.60. The molecule has 4 heterocycles. The fraction of sp³-hybridized carbons (Fsp3) is 0.231. The minimum atomic E-state index is -4.25. The standard InChI is InChI=1S/C26H26N8O5S/c1-5-39-20-11-6-8-16(31-20)25-33-24-26(34(25)21-18(37-3)9-7-10-19(21)38-4)32-17(14-30-24)22(40(27,35)36)23-28-12-15(2)13-29-23/h6-14,22H,5H2,1-4H3,(H2,27,35,36). The summed E-state index contributed by atoms with van der Waals surface area (Å²) in [5.41, 5.74) is 2.10. The third-order valence-electron chi connectivity index (χ3n) is 5.89. The molecule has 2 N–H and O–H groups in total. The molecule has 5 rings (SSSR count). The lowest BCUT2D eigenvalue weighted by Gasteiger charge is -2.17. The van der Waals surface area contributed by atoms with Crippen molar-refractivity contribution in [1.82, 2.24) is 34.5 Å². The lowest BCUT2D eigenvalue weighted by atomic mass is 10.2. The number of benzene rings is 1. The summed E-state index contributed by atoms with van der Waals surface area (Å²) in [5, 5.41) is 4.17. The predicted molar refractivity (Wildman–Crippen MR) is 146 cm³/mol. The molecular weight excluding hydrogens is 536 g/mol. The molecule has 1 unspecified atom stereocenters. The van der Waals surface area contributed by atoms with Gasteiger partial charge in [0.2, 0.25) is 15.9 Å². The summed E-state index contributed by atoms with van der Waals surface area (Å²) in [7, 11) is -1.20. The smallest absolute Gasteiger partial charge is 0.225 e. The number of pyridine rings is 1. The monoisotopic (exact) mass is 562 g/mol. The van der Waals surface area contributed by atoms with E-state index in [0.717, 1.165) is 5.56 Å². The quantitative estimate of drug-likeness (QED) is 0.280. The Kier molecular flexibility index (Phi) is 7.28. The summed E-state index contributed by atoms with van der Waals surface area (Å²) in [6.45, 7) is 4.07. The highest BCUT2D eigenvalue weighted by atomic mass is 32.2. The number of hydrogen-bond donors (Lipinski definition) is 1. The largest absolute Gasteiger partial charge is 0.494 e. The number of nitrogens with two attached hydrogens (primary N) is 1. The SMILES string of the molecule is CCOc1cccc(-c2nc3ncc(C(c4ncc(C)cn4)S(N)(=O)=O)nc3n2-c2c(OC)cccc2OC)n1. The zero-order valence-corrected chi connectivity index (χ0v) is 23.0. The average Bonchev–Trinajstić information content (AvgIpc) is 3.32. The molecule has 0 saturated carbocycles. The molecule has 0 radical (unpaired) electrons. The van der Waals surface area contributed by atoms with E-state index >= 15 is 0 Å². The van der Waals surface area contributed by atoms with Crippen LogP contribution in [-0.4, -0.2) is 63.7 Å². The first kappa shape index (κ1) is 26.9. The van der Waals surface area contributed by atoms with Crippen LogP contribution in [0.15, 0.2) is 55.0 Å². The Labute approximate surface area is 230 Å². The Morgan fingerprint density at radius 1 is 0.925 bits per heavy atom. The van der Waals surface area contributed by atoms with Gasteiger partial charge in [-0.2, -0.15) is 0 Å². The number of rotatable bonds is 9. The lowest BCUT2D eigenvalue weighted by molar-refractivity contribution is 0.327. The fourth-order valence-corrected chi connectivity index (χ4v) is 5.05. The Morgan fingerprint density at radius 3 is 2.23 bits per heavy atom. The molecule has 14 heteroatoms. The normalized spacial score (nSPS) is 12.3. The van der Waals surface area contributed by atoms with Crippen LogP contribution in [-0.2, 0) is 10.0 Å². The molecule has 13 nitrogen and oxygen atoms in total. The highest BCUT2D eigenvalue weighted by Gasteiger charge is 2.32. The third-order valence-corrected chi connectivity index (χ3v) is 7.00. The molecule has 0 saturated heterocycles. The summed E-state index contributed by atoms with van der Waals surface area (Å²) in [6.07, 6.45) is 4.31. The van der Waals surface area contributed by atoms with E-state index < -0.39 is 15.3 Å². The van der Waals surface area contributed by atoms with Gasteiger partial charge in [0.05, 0.1) is 32.7 Å². The van der Waals surface area contributed by atoms with E-state index in [1.165, 1.54) is 32.8 Å². The topological polar surface area (TPSA) is 170 Å². The molecule has 0 bridgehead atoms. The maximum Gasteiger partial charge on any atom is 0.225 e. The number of primary sulfonamides is 1. The van der Waals surface area contributed by atoms with Crippen molar-refractivity contribution in [3.63, 3.8) is 0 Å². The number of hydrogen-bond acceptors (Lipinski definition) is 11. The summed E-state index contributed by atoms with van der Waals surface area (Å²) < 4.78 is 44.1. The molecule has 0 aliphatic rings. The van der Waals surface area contributed by atoms with Gasteiger partial charge >= 0.3 is 0 Å². The molecule has 1 aromatic carbocycles. The van der Waals surface area contributed by atoms with Gasteiger partial charge in [0.1, 0.15) is 22.9 Å². The summed E-state index contributed by atoms with van der Waals surface area (Å²) >= 11 is 0. The molecule has 0 aliphatic carbocycles. The van der Waals surface area contributed by atoms with Crippen molar-refractivity contribution in [3.05, 3.63) is 72.1 Å². The molecule has 1 atom stereocenters. The minimum Gasteiger partial charge on any atom is -0.494 e. The number of ether oxygens (including phenoxy) is 3. The van der Waals surface area contributed by atoms with Gasteiger partial charge in [-0.25, -0.2) is 43.5 Å². The van der Waals surface area contributed by atoms with Crippen LogP contribution in [0.25, 0.3) is 28.5 Å². The van der Waals surface area contributed by atoms with E-state index in [1.807, 2.05) is 6.92 Å². The molecule has 0 amide bonds. The molecule has 0 aliphatic heterocycles. The van der Waals surface area contributed by atoms with Crippen molar-refractivity contribution in [2.24, 2.45) is 5.14 Å². The molecule has 206 valence electrons. The van der Waals surface area contributed by atoms with Gasteiger partial charge < -0.3 is 14.2 Å². The molecule has 4 aromatic heterocycles. The number of aryl methyl sites for hydroxylation is 1. The van der Waals surface area contributed by atoms with Crippen LogP contribution >= 0.6 is 0 Å². The Hall–Kier alpha value is -4.69. The van der Waals surface area contributed by atoms with Gasteiger partial charge in [-0.1, -0.05) is 12.1 Å². The van der Waals surface area contributed by atoms with Gasteiger partial charge in [0.15, 0.2) is 28.2 Å². The van der Waals surface area contributed by atoms with Crippen molar-refractivity contribution in [3.8, 4) is 34.6 Å². The number of nitrogens with zero attached hydrogens (tertiary/aromatic N) is 7. The zero-order chi connectivity index (χ0) is 28.4. The van der Waals surface area contributed by atoms with E-state index in [-0.39, 0.29) is 22.8 Å². The Bertz CT molecular complexity index is 1770. The second kappa shape index (κ2) is 10.8. The first-order valence-corrected chi connectivity index (χ1v) is 13.7. The van der Waals surface area contributed by atoms with Crippen molar-refractivity contribution in [1.29, 1.82) is 0 Å². The number of methoxy groups -OCH3 is 2. The van der Waals surface area contributed by atoms with Crippen LogP contribution in [0, 0.1) is 6.92 Å². The molecule has 0 spiro atoms. The van der Waals surface area contributed by atoms with Gasteiger partial charge in [-0.05, 0) is 37.6 Å². The molecule has 40 heavy (non-hydrogen) atoms. The highest BCUT2D eigenvalue weighted by Crippen LogP contribution is 2.38. The van der Waals surface area contributed by atoms with Gasteiger partial charge in [-0.15, -0.1) is 0 Å². The van der Waals surface area contributed by atoms with Gasteiger partial charge in [0.25, 0.3) is 0 Å². The second-order valence-corrected chi connectivity index (χ2v) is 10.3. The number of sulfonamides is 1. The maximum absolute atomic E-state index is 12.8. The zero-order valence-electron chi connectivity index (χ0n) is 22.1. The number of para-hydroxylation sites is 1. The molecule has 0 fully saturated rings. The minimum absolute atomic E-state index is 0.0106. The van der Waals surface area contributed by atoms with E-state index in [1.54, 1.807) is 47.9 Å². The second-order valence-electron chi connectivity index (χ2n) is 8.61. The van der Waals surface area contributed by atoms with Crippen LogP contribution in [0.1, 0.15) is 29.3 Å². The average molecular weight is 563 g/mol. The van der Waals surface area contributed by atoms with Gasteiger partial charge in [0, 0.05) is 18.5 Å². The first-order valence-electron chi connectivity index (χ1n) is 12.1. The van der Waals surface area contributed by atoms with Crippen LogP contribution in [0.3, 0.4) is 0 Å². The first-order chi connectivity index (χ1) is 19.2. The van der Waals surface area contributed by atoms with Crippen molar-refractivity contribution < 1.29 is 22.6 Å². The van der Waals surface area contributed by atoms with Crippen LogP contribution in [0.4, 0.5) is 0 Å².